The predicted molar refractivity (Wildman–Crippen MR) is 133 cm³/mol. The third-order valence-corrected chi connectivity index (χ3v) is 7.74. The van der Waals surface area contributed by atoms with Crippen LogP contribution in [0.4, 0.5) is 10.5 Å². The van der Waals surface area contributed by atoms with Gasteiger partial charge in [0.1, 0.15) is 11.5 Å². The summed E-state index contributed by atoms with van der Waals surface area (Å²) < 4.78 is 33.8. The van der Waals surface area contributed by atoms with Gasteiger partial charge in [0, 0.05) is 6.04 Å². The maximum atomic E-state index is 13.3. The number of ether oxygens (including phenoxy) is 1. The highest BCUT2D eigenvalue weighted by atomic mass is 32.2. The van der Waals surface area contributed by atoms with E-state index in [0.717, 1.165) is 17.3 Å². The van der Waals surface area contributed by atoms with Crippen LogP contribution < -0.4 is 14.4 Å². The number of para-hydroxylation sites is 1. The van der Waals surface area contributed by atoms with E-state index in [1.165, 1.54) is 16.4 Å². The molecule has 1 heterocycles. The fourth-order valence-corrected chi connectivity index (χ4v) is 5.77. The van der Waals surface area contributed by atoms with Gasteiger partial charge in [-0.15, -0.1) is 0 Å². The van der Waals surface area contributed by atoms with Crippen molar-refractivity contribution >= 4 is 44.7 Å². The summed E-state index contributed by atoms with van der Waals surface area (Å²) in [4.78, 5) is 23.4. The van der Waals surface area contributed by atoms with Gasteiger partial charge in [-0.05, 0) is 85.8 Å². The summed E-state index contributed by atoms with van der Waals surface area (Å²) in [5, 5.41) is 1.83. The van der Waals surface area contributed by atoms with Gasteiger partial charge >= 0.3 is 0 Å². The first-order chi connectivity index (χ1) is 16.2. The molecule has 1 aliphatic heterocycles. The van der Waals surface area contributed by atoms with Crippen LogP contribution >= 0.6 is 11.8 Å². The quantitative estimate of drug-likeness (QED) is 0.442. The number of benzene rings is 3. The fourth-order valence-electron chi connectivity index (χ4n) is 3.42. The van der Waals surface area contributed by atoms with Crippen molar-refractivity contribution in [2.45, 2.75) is 24.8 Å². The number of hydrogen-bond donors (Lipinski definition) is 1. The Morgan fingerprint density at radius 3 is 2.00 bits per heavy atom. The molecule has 0 atom stereocenters. The molecule has 9 heteroatoms. The minimum Gasteiger partial charge on any atom is -0.457 e. The van der Waals surface area contributed by atoms with Crippen LogP contribution in [0.2, 0.25) is 0 Å². The van der Waals surface area contributed by atoms with E-state index >= 15 is 0 Å². The van der Waals surface area contributed by atoms with Crippen molar-refractivity contribution in [3.8, 4) is 11.5 Å². The lowest BCUT2D eigenvalue weighted by Crippen LogP contribution is -2.36. The van der Waals surface area contributed by atoms with Crippen LogP contribution in [0.25, 0.3) is 6.08 Å². The zero-order valence-electron chi connectivity index (χ0n) is 18.5. The topological polar surface area (TPSA) is 92.8 Å². The molecule has 0 spiro atoms. The molecule has 1 N–H and O–H groups in total. The molecule has 0 radical (unpaired) electrons. The molecule has 3 aromatic carbocycles. The monoisotopic (exact) mass is 494 g/mol. The minimum atomic E-state index is -3.76. The summed E-state index contributed by atoms with van der Waals surface area (Å²) in [6.45, 7) is 3.66. The van der Waals surface area contributed by atoms with Crippen molar-refractivity contribution in [2.24, 2.45) is 0 Å². The zero-order chi connectivity index (χ0) is 24.3. The number of anilines is 1. The van der Waals surface area contributed by atoms with E-state index in [1.54, 1.807) is 66.7 Å². The van der Waals surface area contributed by atoms with E-state index < -0.39 is 15.9 Å². The predicted octanol–water partition coefficient (Wildman–Crippen LogP) is 5.41. The summed E-state index contributed by atoms with van der Waals surface area (Å²) >= 11 is 0.858. The summed E-state index contributed by atoms with van der Waals surface area (Å²) in [5.41, 5.74) is 1.35. The second-order valence-corrected chi connectivity index (χ2v) is 10.6. The molecule has 34 heavy (non-hydrogen) atoms. The van der Waals surface area contributed by atoms with Crippen LogP contribution in [0.1, 0.15) is 19.4 Å². The van der Waals surface area contributed by atoms with E-state index in [0.29, 0.717) is 22.1 Å². The van der Waals surface area contributed by atoms with Crippen molar-refractivity contribution in [3.63, 3.8) is 0 Å². The number of imide groups is 1. The van der Waals surface area contributed by atoms with Gasteiger partial charge in [0.25, 0.3) is 21.2 Å². The van der Waals surface area contributed by atoms with E-state index in [1.807, 2.05) is 19.9 Å². The Hall–Kier alpha value is -3.56. The van der Waals surface area contributed by atoms with Gasteiger partial charge < -0.3 is 4.74 Å². The molecule has 7 nitrogen and oxygen atoms in total. The van der Waals surface area contributed by atoms with Crippen LogP contribution in [-0.4, -0.2) is 25.6 Å². The summed E-state index contributed by atoms with van der Waals surface area (Å²) in [5.74, 6) is 0.622. The number of nitrogens with one attached hydrogen (secondary N) is 1. The highest BCUT2D eigenvalue weighted by molar-refractivity contribution is 8.18. The molecule has 1 saturated heterocycles. The van der Waals surface area contributed by atoms with E-state index in [-0.39, 0.29) is 16.2 Å². The number of amides is 2. The van der Waals surface area contributed by atoms with E-state index in [4.69, 9.17) is 4.74 Å². The molecule has 174 valence electrons. The van der Waals surface area contributed by atoms with Crippen molar-refractivity contribution in [2.75, 3.05) is 4.31 Å². The third kappa shape index (κ3) is 5.16. The molecule has 0 aliphatic carbocycles. The molecule has 2 amide bonds. The lowest BCUT2D eigenvalue weighted by molar-refractivity contribution is -0.115. The second-order valence-electron chi connectivity index (χ2n) is 7.72. The zero-order valence-corrected chi connectivity index (χ0v) is 20.1. The standard InChI is InChI=1S/C25H22N2O5S2/c1-17(2)27(19-6-4-3-5-7-19)34(30,31)22-14-12-21(13-15-22)32-20-10-8-18(9-11-20)16-23-24(28)26-25(29)33-23/h3-17H,1-2H3,(H,26,28,29)/b23-16+. The second kappa shape index (κ2) is 9.74. The normalized spacial score (nSPS) is 15.0. The van der Waals surface area contributed by atoms with Crippen LogP contribution in [0.15, 0.2) is 88.7 Å². The number of carbonyl (C=O) groups is 2. The smallest absolute Gasteiger partial charge is 0.290 e. The average molecular weight is 495 g/mol. The SMILES string of the molecule is CC(C)N(c1ccccc1)S(=O)(=O)c1ccc(Oc2ccc(/C=C3/SC(=O)NC3=O)cc2)cc1. The van der Waals surface area contributed by atoms with Gasteiger partial charge in [-0.3, -0.25) is 19.2 Å². The van der Waals surface area contributed by atoms with Crippen LogP contribution in [0.5, 0.6) is 11.5 Å². The first-order valence-electron chi connectivity index (χ1n) is 10.5. The maximum absolute atomic E-state index is 13.3. The lowest BCUT2D eigenvalue weighted by atomic mass is 10.2. The summed E-state index contributed by atoms with van der Waals surface area (Å²) in [6, 6.07) is 22.0. The molecule has 1 fully saturated rings. The molecule has 0 saturated carbocycles. The summed E-state index contributed by atoms with van der Waals surface area (Å²) in [6.07, 6.45) is 1.63. The average Bonchev–Trinajstić information content (AvgIpc) is 3.12. The fraction of sp³-hybridized carbons (Fsp3) is 0.120. The Morgan fingerprint density at radius 1 is 0.882 bits per heavy atom. The molecule has 3 aromatic rings. The van der Waals surface area contributed by atoms with Gasteiger partial charge in [0.2, 0.25) is 0 Å². The highest BCUT2D eigenvalue weighted by Gasteiger charge is 2.27. The van der Waals surface area contributed by atoms with Gasteiger partial charge in [-0.2, -0.15) is 0 Å². The molecule has 0 bridgehead atoms. The Bertz CT molecular complexity index is 1330. The largest absolute Gasteiger partial charge is 0.457 e. The molecular formula is C25H22N2O5S2. The van der Waals surface area contributed by atoms with Gasteiger partial charge in [0.15, 0.2) is 0 Å². The van der Waals surface area contributed by atoms with Gasteiger partial charge in [-0.25, -0.2) is 8.42 Å². The molecule has 1 aliphatic rings. The van der Waals surface area contributed by atoms with Crippen LogP contribution in [0.3, 0.4) is 0 Å². The molecule has 0 aromatic heterocycles. The van der Waals surface area contributed by atoms with Crippen molar-refractivity contribution in [3.05, 3.63) is 89.3 Å². The lowest BCUT2D eigenvalue weighted by Gasteiger charge is -2.28. The van der Waals surface area contributed by atoms with Crippen LogP contribution in [0, 0.1) is 0 Å². The number of hydrogen-bond acceptors (Lipinski definition) is 6. The van der Waals surface area contributed by atoms with Crippen LogP contribution in [-0.2, 0) is 14.8 Å². The third-order valence-electron chi connectivity index (χ3n) is 4.92. The Kier molecular flexibility index (Phi) is 6.76. The van der Waals surface area contributed by atoms with Gasteiger partial charge in [0.05, 0.1) is 15.5 Å². The Labute approximate surface area is 202 Å². The van der Waals surface area contributed by atoms with E-state index in [9.17, 15) is 18.0 Å². The number of sulfonamides is 1. The molecule has 4 rings (SSSR count). The Morgan fingerprint density at radius 2 is 1.47 bits per heavy atom. The number of rotatable bonds is 7. The molecule has 0 unspecified atom stereocenters. The number of thioether (sulfide) groups is 1. The number of carbonyl (C=O) groups excluding carboxylic acids is 2. The summed E-state index contributed by atoms with van der Waals surface area (Å²) in [7, 11) is -3.76. The first-order valence-corrected chi connectivity index (χ1v) is 12.7. The van der Waals surface area contributed by atoms with Crippen molar-refractivity contribution in [1.29, 1.82) is 0 Å². The molecular weight excluding hydrogens is 472 g/mol. The maximum Gasteiger partial charge on any atom is 0.290 e. The minimum absolute atomic E-state index is 0.168. The first kappa shape index (κ1) is 23.6. The highest BCUT2D eigenvalue weighted by Crippen LogP contribution is 2.30. The van der Waals surface area contributed by atoms with Crippen molar-refractivity contribution in [1.82, 2.24) is 5.32 Å². The van der Waals surface area contributed by atoms with Crippen molar-refractivity contribution < 1.29 is 22.7 Å². The van der Waals surface area contributed by atoms with Gasteiger partial charge in [-0.1, -0.05) is 30.3 Å². The number of nitrogens with zero attached hydrogens (tertiary/aromatic N) is 1. The Balaban J connectivity index is 1.49. The van der Waals surface area contributed by atoms with E-state index in [2.05, 4.69) is 5.32 Å².